The van der Waals surface area contributed by atoms with E-state index in [0.29, 0.717) is 17.6 Å². The number of benzene rings is 1. The summed E-state index contributed by atoms with van der Waals surface area (Å²) < 4.78 is 0. The molecule has 1 fully saturated rings. The van der Waals surface area contributed by atoms with Gasteiger partial charge in [0.2, 0.25) is 5.91 Å². The summed E-state index contributed by atoms with van der Waals surface area (Å²) in [6, 6.07) is 7.97. The van der Waals surface area contributed by atoms with Gasteiger partial charge in [0, 0.05) is 24.7 Å². The van der Waals surface area contributed by atoms with Crippen molar-refractivity contribution in [1.29, 1.82) is 0 Å². The Bertz CT molecular complexity index is 454. The van der Waals surface area contributed by atoms with Crippen LogP contribution >= 0.6 is 0 Å². The number of hydrogen-bond acceptors (Lipinski definition) is 3. The number of carbonyl (C=O) groups excluding carboxylic acids is 1. The second-order valence-corrected chi connectivity index (χ2v) is 5.60. The van der Waals surface area contributed by atoms with Crippen LogP contribution in [0.3, 0.4) is 0 Å². The lowest BCUT2D eigenvalue weighted by Gasteiger charge is -2.34. The lowest BCUT2D eigenvalue weighted by Crippen LogP contribution is -2.43. The molecule has 2 N–H and O–H groups in total. The summed E-state index contributed by atoms with van der Waals surface area (Å²) in [6.45, 7) is 0. The average Bonchev–Trinajstić information content (AvgIpc) is 2.49. The number of phenols is 1. The average molecular weight is 276 g/mol. The first-order valence-corrected chi connectivity index (χ1v) is 7.31. The van der Waals surface area contributed by atoms with Crippen LogP contribution in [-0.2, 0) is 11.2 Å². The van der Waals surface area contributed by atoms with Gasteiger partial charge in [-0.15, -0.1) is 0 Å². The van der Waals surface area contributed by atoms with Crippen LogP contribution in [0.25, 0.3) is 0 Å². The molecule has 1 aliphatic carbocycles. The quantitative estimate of drug-likeness (QED) is 0.883. The van der Waals surface area contributed by atoms with E-state index in [-0.39, 0.29) is 18.1 Å². The number of phenolic OH excluding ortho intramolecular Hbond substituents is 1. The van der Waals surface area contributed by atoms with Gasteiger partial charge in [0.1, 0.15) is 5.75 Å². The van der Waals surface area contributed by atoms with Gasteiger partial charge in [-0.2, -0.15) is 0 Å². The lowest BCUT2D eigenvalue weighted by atomic mass is 9.90. The van der Waals surface area contributed by atoms with Crippen LogP contribution in [0.15, 0.2) is 24.3 Å². The van der Waals surface area contributed by atoms with Crippen LogP contribution in [0.4, 0.5) is 0 Å². The number of aromatic hydroxyl groups is 1. The molecule has 0 aliphatic heterocycles. The number of rotatable bonds is 4. The Morgan fingerprint density at radius 3 is 2.55 bits per heavy atom. The molecule has 0 unspecified atom stereocenters. The number of nitrogens with zero attached hydrogens (tertiary/aromatic N) is 1. The molecule has 0 spiro atoms. The Labute approximate surface area is 120 Å². The maximum Gasteiger partial charge on any atom is 0.227 e. The van der Waals surface area contributed by atoms with Gasteiger partial charge in [0.25, 0.3) is 0 Å². The number of likely N-dealkylation sites (N-methyl/N-ethyl adjacent to an activating group) is 1. The standard InChI is InChI=1S/C16H24N2O2/c1-17-13-7-9-14(10-8-13)18(2)16(20)11-12-5-3-4-6-15(12)19/h3-6,13-14,17,19H,7-11H2,1-2H3. The van der Waals surface area contributed by atoms with Gasteiger partial charge in [-0.1, -0.05) is 18.2 Å². The molecule has 1 amide bonds. The first-order valence-electron chi connectivity index (χ1n) is 7.31. The van der Waals surface area contributed by atoms with E-state index in [0.717, 1.165) is 25.7 Å². The number of hydrogen-bond donors (Lipinski definition) is 2. The van der Waals surface area contributed by atoms with Crippen LogP contribution in [0.1, 0.15) is 31.2 Å². The van der Waals surface area contributed by atoms with E-state index in [4.69, 9.17) is 0 Å². The van der Waals surface area contributed by atoms with Crippen LogP contribution in [0.5, 0.6) is 5.75 Å². The first-order chi connectivity index (χ1) is 9.61. The highest BCUT2D eigenvalue weighted by atomic mass is 16.3. The topological polar surface area (TPSA) is 52.6 Å². The Balaban J connectivity index is 1.91. The second-order valence-electron chi connectivity index (χ2n) is 5.60. The molecule has 0 bridgehead atoms. The molecular weight excluding hydrogens is 252 g/mol. The minimum Gasteiger partial charge on any atom is -0.508 e. The third kappa shape index (κ3) is 3.51. The summed E-state index contributed by atoms with van der Waals surface area (Å²) in [4.78, 5) is 14.2. The summed E-state index contributed by atoms with van der Waals surface area (Å²) in [5.74, 6) is 0.285. The maximum absolute atomic E-state index is 12.3. The van der Waals surface area contributed by atoms with Crippen molar-refractivity contribution in [3.05, 3.63) is 29.8 Å². The van der Waals surface area contributed by atoms with Crippen molar-refractivity contribution in [1.82, 2.24) is 10.2 Å². The zero-order valence-electron chi connectivity index (χ0n) is 12.3. The molecule has 0 saturated heterocycles. The summed E-state index contributed by atoms with van der Waals surface area (Å²) in [6.07, 6.45) is 4.61. The molecule has 4 heteroatoms. The van der Waals surface area contributed by atoms with Gasteiger partial charge in [-0.3, -0.25) is 4.79 Å². The van der Waals surface area contributed by atoms with E-state index < -0.39 is 0 Å². The van der Waals surface area contributed by atoms with Gasteiger partial charge in [-0.05, 0) is 38.8 Å². The molecule has 1 aliphatic rings. The summed E-state index contributed by atoms with van der Waals surface area (Å²) in [5.41, 5.74) is 0.702. The third-order valence-corrected chi connectivity index (χ3v) is 4.38. The van der Waals surface area contributed by atoms with Gasteiger partial charge < -0.3 is 15.3 Å². The molecular formula is C16H24N2O2. The number of para-hydroxylation sites is 1. The summed E-state index contributed by atoms with van der Waals surface area (Å²) >= 11 is 0. The normalized spacial score (nSPS) is 22.5. The molecule has 20 heavy (non-hydrogen) atoms. The zero-order chi connectivity index (χ0) is 14.5. The molecule has 110 valence electrons. The maximum atomic E-state index is 12.3. The summed E-state index contributed by atoms with van der Waals surface area (Å²) in [5, 5.41) is 13.0. The first kappa shape index (κ1) is 14.9. The fourth-order valence-electron chi connectivity index (χ4n) is 2.90. The van der Waals surface area contributed by atoms with Crippen LogP contribution < -0.4 is 5.32 Å². The predicted molar refractivity (Wildman–Crippen MR) is 79.7 cm³/mol. The number of amides is 1. The highest BCUT2D eigenvalue weighted by molar-refractivity contribution is 5.79. The van der Waals surface area contributed by atoms with E-state index in [1.54, 1.807) is 18.2 Å². The van der Waals surface area contributed by atoms with E-state index in [2.05, 4.69) is 5.32 Å². The van der Waals surface area contributed by atoms with Crippen molar-refractivity contribution >= 4 is 5.91 Å². The largest absolute Gasteiger partial charge is 0.508 e. The van der Waals surface area contributed by atoms with Gasteiger partial charge in [0.15, 0.2) is 0 Å². The SMILES string of the molecule is CNC1CCC(N(C)C(=O)Cc2ccccc2O)CC1. The van der Waals surface area contributed by atoms with E-state index in [1.807, 2.05) is 25.1 Å². The smallest absolute Gasteiger partial charge is 0.227 e. The summed E-state index contributed by atoms with van der Waals surface area (Å²) in [7, 11) is 3.88. The Kier molecular flexibility index (Phi) is 5.01. The lowest BCUT2D eigenvalue weighted by molar-refractivity contribution is -0.131. The van der Waals surface area contributed by atoms with Crippen LogP contribution in [-0.4, -0.2) is 42.1 Å². The minimum absolute atomic E-state index is 0.0828. The Morgan fingerprint density at radius 2 is 1.95 bits per heavy atom. The second kappa shape index (κ2) is 6.75. The number of carbonyl (C=O) groups is 1. The molecule has 1 aromatic rings. The van der Waals surface area contributed by atoms with Crippen molar-refractivity contribution < 1.29 is 9.90 Å². The van der Waals surface area contributed by atoms with E-state index in [9.17, 15) is 9.90 Å². The van der Waals surface area contributed by atoms with Crippen molar-refractivity contribution in [2.24, 2.45) is 0 Å². The molecule has 0 atom stereocenters. The Hall–Kier alpha value is -1.55. The van der Waals surface area contributed by atoms with Gasteiger partial charge in [0.05, 0.1) is 6.42 Å². The van der Waals surface area contributed by atoms with Crippen molar-refractivity contribution in [2.45, 2.75) is 44.2 Å². The third-order valence-electron chi connectivity index (χ3n) is 4.38. The molecule has 4 nitrogen and oxygen atoms in total. The fraction of sp³-hybridized carbons (Fsp3) is 0.562. The highest BCUT2D eigenvalue weighted by Crippen LogP contribution is 2.23. The van der Waals surface area contributed by atoms with Crippen LogP contribution in [0.2, 0.25) is 0 Å². The molecule has 0 aromatic heterocycles. The molecule has 1 aromatic carbocycles. The molecule has 0 heterocycles. The van der Waals surface area contributed by atoms with Gasteiger partial charge in [-0.25, -0.2) is 0 Å². The van der Waals surface area contributed by atoms with Crippen molar-refractivity contribution in [2.75, 3.05) is 14.1 Å². The molecule has 2 rings (SSSR count). The van der Waals surface area contributed by atoms with Crippen LogP contribution in [0, 0.1) is 0 Å². The fourth-order valence-corrected chi connectivity index (χ4v) is 2.90. The molecule has 1 saturated carbocycles. The Morgan fingerprint density at radius 1 is 1.30 bits per heavy atom. The van der Waals surface area contributed by atoms with E-state index >= 15 is 0 Å². The van der Waals surface area contributed by atoms with Gasteiger partial charge >= 0.3 is 0 Å². The highest BCUT2D eigenvalue weighted by Gasteiger charge is 2.26. The van der Waals surface area contributed by atoms with Crippen molar-refractivity contribution in [3.8, 4) is 5.75 Å². The molecule has 0 radical (unpaired) electrons. The monoisotopic (exact) mass is 276 g/mol. The van der Waals surface area contributed by atoms with Crippen molar-refractivity contribution in [3.63, 3.8) is 0 Å². The zero-order valence-corrected chi connectivity index (χ0v) is 12.3. The number of nitrogens with one attached hydrogen (secondary N) is 1. The minimum atomic E-state index is 0.0828. The van der Waals surface area contributed by atoms with E-state index in [1.165, 1.54) is 0 Å². The predicted octanol–water partition coefficient (Wildman–Crippen LogP) is 1.92.